The quantitative estimate of drug-likeness (QED) is 0.724. The van der Waals surface area contributed by atoms with E-state index in [0.29, 0.717) is 17.9 Å². The van der Waals surface area contributed by atoms with Crippen molar-refractivity contribution in [2.24, 2.45) is 11.8 Å². The first kappa shape index (κ1) is 11.0. The van der Waals surface area contributed by atoms with E-state index in [1.807, 2.05) is 0 Å². The molecule has 0 saturated carbocycles. The van der Waals surface area contributed by atoms with E-state index in [1.54, 1.807) is 0 Å². The van der Waals surface area contributed by atoms with E-state index < -0.39 is 0 Å². The Morgan fingerprint density at radius 3 is 2.38 bits per heavy atom. The topological polar surface area (TPSA) is 23.5 Å². The van der Waals surface area contributed by atoms with Crippen molar-refractivity contribution in [2.45, 2.75) is 46.3 Å². The van der Waals surface area contributed by atoms with Gasteiger partial charge in [-0.3, -0.25) is 4.90 Å². The van der Waals surface area contributed by atoms with Crippen LogP contribution >= 0.6 is 0 Å². The number of rotatable bonds is 3. The number of β-amino-alcohol motifs (C(OH)–C–C–N with tert-alkyl or cyclic N) is 1. The molecule has 0 unspecified atom stereocenters. The summed E-state index contributed by atoms with van der Waals surface area (Å²) in [5, 5.41) is 9.59. The molecule has 0 radical (unpaired) electrons. The van der Waals surface area contributed by atoms with E-state index in [1.165, 1.54) is 0 Å². The number of nitrogens with zero attached hydrogens (tertiary/aromatic N) is 1. The molecule has 1 heterocycles. The Balaban J connectivity index is 2.50. The molecule has 0 amide bonds. The van der Waals surface area contributed by atoms with Crippen LogP contribution in [0.15, 0.2) is 0 Å². The zero-order chi connectivity index (χ0) is 10.0. The van der Waals surface area contributed by atoms with Crippen molar-refractivity contribution in [3.05, 3.63) is 0 Å². The molecule has 0 aromatic rings. The van der Waals surface area contributed by atoms with Crippen LogP contribution in [0.1, 0.15) is 34.1 Å². The second kappa shape index (κ2) is 4.43. The first-order chi connectivity index (χ1) is 6.00. The molecular formula is C11H23NO. The largest absolute Gasteiger partial charge is 0.392 e. The highest BCUT2D eigenvalue weighted by Crippen LogP contribution is 2.24. The third kappa shape index (κ3) is 2.96. The van der Waals surface area contributed by atoms with E-state index in [4.69, 9.17) is 0 Å². The lowest BCUT2D eigenvalue weighted by molar-refractivity contribution is 0.162. The highest BCUT2D eigenvalue weighted by molar-refractivity contribution is 4.87. The van der Waals surface area contributed by atoms with Crippen LogP contribution in [-0.2, 0) is 0 Å². The molecule has 1 saturated heterocycles. The van der Waals surface area contributed by atoms with Gasteiger partial charge in [-0.2, -0.15) is 0 Å². The summed E-state index contributed by atoms with van der Waals surface area (Å²) in [6, 6.07) is 0.595. The lowest BCUT2D eigenvalue weighted by atomic mass is 10.0. The molecule has 2 heteroatoms. The van der Waals surface area contributed by atoms with Crippen LogP contribution in [0.3, 0.4) is 0 Å². The standard InChI is InChI=1S/C11H23NO/c1-8(2)6-12-7-10(13)5-11(12)9(3)4/h8-11,13H,5-7H2,1-4H3/t10-,11+/m1/s1. The van der Waals surface area contributed by atoms with Crippen LogP contribution in [0.5, 0.6) is 0 Å². The monoisotopic (exact) mass is 185 g/mol. The number of likely N-dealkylation sites (tertiary alicyclic amines) is 1. The van der Waals surface area contributed by atoms with Gasteiger partial charge < -0.3 is 5.11 Å². The lowest BCUT2D eigenvalue weighted by Crippen LogP contribution is -2.36. The summed E-state index contributed by atoms with van der Waals surface area (Å²) < 4.78 is 0. The first-order valence-corrected chi connectivity index (χ1v) is 5.42. The molecule has 1 aliphatic heterocycles. The van der Waals surface area contributed by atoms with Gasteiger partial charge in [-0.1, -0.05) is 27.7 Å². The van der Waals surface area contributed by atoms with Crippen LogP contribution in [0.2, 0.25) is 0 Å². The summed E-state index contributed by atoms with van der Waals surface area (Å²) in [7, 11) is 0. The number of hydrogen-bond acceptors (Lipinski definition) is 2. The maximum atomic E-state index is 9.59. The molecular weight excluding hydrogens is 162 g/mol. The lowest BCUT2D eigenvalue weighted by Gasteiger charge is -2.28. The van der Waals surface area contributed by atoms with Gasteiger partial charge >= 0.3 is 0 Å². The molecule has 1 N–H and O–H groups in total. The second-order valence-electron chi connectivity index (χ2n) is 5.05. The molecule has 78 valence electrons. The summed E-state index contributed by atoms with van der Waals surface area (Å²) in [6.45, 7) is 11.0. The number of aliphatic hydroxyl groups excluding tert-OH is 1. The highest BCUT2D eigenvalue weighted by Gasteiger charge is 2.32. The van der Waals surface area contributed by atoms with Gasteiger partial charge in [0.25, 0.3) is 0 Å². The van der Waals surface area contributed by atoms with Crippen molar-refractivity contribution in [3.63, 3.8) is 0 Å². The minimum absolute atomic E-state index is 0.0915. The molecule has 1 fully saturated rings. The van der Waals surface area contributed by atoms with Crippen LogP contribution in [-0.4, -0.2) is 35.2 Å². The second-order valence-corrected chi connectivity index (χ2v) is 5.05. The van der Waals surface area contributed by atoms with Gasteiger partial charge in [0.1, 0.15) is 0 Å². The van der Waals surface area contributed by atoms with Gasteiger partial charge in [0.2, 0.25) is 0 Å². The van der Waals surface area contributed by atoms with Gasteiger partial charge in [0.15, 0.2) is 0 Å². The van der Waals surface area contributed by atoms with Gasteiger partial charge in [-0.15, -0.1) is 0 Å². The van der Waals surface area contributed by atoms with Crippen molar-refractivity contribution < 1.29 is 5.11 Å². The number of hydrogen-bond donors (Lipinski definition) is 1. The smallest absolute Gasteiger partial charge is 0.0682 e. The molecule has 13 heavy (non-hydrogen) atoms. The Morgan fingerprint density at radius 1 is 1.31 bits per heavy atom. The fourth-order valence-corrected chi connectivity index (χ4v) is 2.28. The Morgan fingerprint density at radius 2 is 1.92 bits per heavy atom. The minimum atomic E-state index is -0.0915. The van der Waals surface area contributed by atoms with Crippen molar-refractivity contribution >= 4 is 0 Å². The molecule has 2 atom stereocenters. The predicted molar refractivity (Wildman–Crippen MR) is 55.7 cm³/mol. The summed E-state index contributed by atoms with van der Waals surface area (Å²) in [5.74, 6) is 1.36. The van der Waals surface area contributed by atoms with E-state index >= 15 is 0 Å². The summed E-state index contributed by atoms with van der Waals surface area (Å²) in [4.78, 5) is 2.44. The van der Waals surface area contributed by atoms with Crippen molar-refractivity contribution in [1.29, 1.82) is 0 Å². The zero-order valence-electron chi connectivity index (χ0n) is 9.33. The Kier molecular flexibility index (Phi) is 3.74. The molecule has 0 aromatic heterocycles. The minimum Gasteiger partial charge on any atom is -0.392 e. The SMILES string of the molecule is CC(C)CN1C[C@H](O)C[C@H]1C(C)C. The van der Waals surface area contributed by atoms with Crippen LogP contribution in [0.4, 0.5) is 0 Å². The molecule has 1 aliphatic rings. The van der Waals surface area contributed by atoms with Crippen LogP contribution in [0.25, 0.3) is 0 Å². The van der Waals surface area contributed by atoms with Gasteiger partial charge in [0, 0.05) is 19.1 Å². The van der Waals surface area contributed by atoms with E-state index in [-0.39, 0.29) is 6.10 Å². The highest BCUT2D eigenvalue weighted by atomic mass is 16.3. The summed E-state index contributed by atoms with van der Waals surface area (Å²) >= 11 is 0. The van der Waals surface area contributed by atoms with Crippen molar-refractivity contribution in [2.75, 3.05) is 13.1 Å². The molecule has 1 rings (SSSR count). The van der Waals surface area contributed by atoms with Gasteiger partial charge in [-0.05, 0) is 18.3 Å². The maximum Gasteiger partial charge on any atom is 0.0682 e. The number of aliphatic hydroxyl groups is 1. The third-order valence-electron chi connectivity index (χ3n) is 2.80. The first-order valence-electron chi connectivity index (χ1n) is 5.42. The average molecular weight is 185 g/mol. The molecule has 2 nitrogen and oxygen atoms in total. The van der Waals surface area contributed by atoms with E-state index in [0.717, 1.165) is 19.5 Å². The Bertz CT molecular complexity index is 156. The normalized spacial score (nSPS) is 30.7. The molecule has 0 bridgehead atoms. The van der Waals surface area contributed by atoms with E-state index in [9.17, 15) is 5.11 Å². The van der Waals surface area contributed by atoms with Gasteiger partial charge in [-0.25, -0.2) is 0 Å². The Labute approximate surface area is 81.9 Å². The molecule has 0 aromatic carbocycles. The molecule has 0 aliphatic carbocycles. The zero-order valence-corrected chi connectivity index (χ0v) is 9.33. The van der Waals surface area contributed by atoms with E-state index in [2.05, 4.69) is 32.6 Å². The predicted octanol–water partition coefficient (Wildman–Crippen LogP) is 1.73. The van der Waals surface area contributed by atoms with Gasteiger partial charge in [0.05, 0.1) is 6.10 Å². The Hall–Kier alpha value is -0.0800. The maximum absolute atomic E-state index is 9.59. The van der Waals surface area contributed by atoms with Crippen LogP contribution in [0, 0.1) is 11.8 Å². The fourth-order valence-electron chi connectivity index (χ4n) is 2.28. The fraction of sp³-hybridized carbons (Fsp3) is 1.00. The summed E-state index contributed by atoms with van der Waals surface area (Å²) in [6.07, 6.45) is 0.871. The third-order valence-corrected chi connectivity index (χ3v) is 2.80. The van der Waals surface area contributed by atoms with Crippen molar-refractivity contribution in [1.82, 2.24) is 4.90 Å². The van der Waals surface area contributed by atoms with Crippen LogP contribution < -0.4 is 0 Å². The average Bonchev–Trinajstić information content (AvgIpc) is 2.29. The summed E-state index contributed by atoms with van der Waals surface area (Å²) in [5.41, 5.74) is 0. The van der Waals surface area contributed by atoms with Crippen molar-refractivity contribution in [3.8, 4) is 0 Å². The molecule has 0 spiro atoms.